The summed E-state index contributed by atoms with van der Waals surface area (Å²) in [5.41, 5.74) is 10.2. The van der Waals surface area contributed by atoms with Crippen molar-refractivity contribution in [3.05, 3.63) is 65.2 Å². The Balaban J connectivity index is 0.00000242. The number of rotatable bonds is 5. The van der Waals surface area contributed by atoms with Gasteiger partial charge in [-0.25, -0.2) is 0 Å². The van der Waals surface area contributed by atoms with E-state index >= 15 is 0 Å². The number of anilines is 1. The summed E-state index contributed by atoms with van der Waals surface area (Å²) in [6.07, 6.45) is 1.17. The molecule has 1 atom stereocenters. The molecule has 22 heavy (non-hydrogen) atoms. The van der Waals surface area contributed by atoms with Gasteiger partial charge in [0.2, 0.25) is 5.91 Å². The first-order chi connectivity index (χ1) is 10.1. The van der Waals surface area contributed by atoms with Gasteiger partial charge in [0.1, 0.15) is 0 Å². The van der Waals surface area contributed by atoms with Crippen molar-refractivity contribution in [1.82, 2.24) is 0 Å². The fourth-order valence-electron chi connectivity index (χ4n) is 2.41. The third-order valence-corrected chi connectivity index (χ3v) is 3.64. The number of nitrogens with two attached hydrogens (primary N) is 1. The summed E-state index contributed by atoms with van der Waals surface area (Å²) in [5, 5.41) is 3.01. The Morgan fingerprint density at radius 3 is 2.45 bits per heavy atom. The van der Waals surface area contributed by atoms with E-state index in [4.69, 9.17) is 5.73 Å². The minimum atomic E-state index is -0.278. The van der Waals surface area contributed by atoms with E-state index in [1.54, 1.807) is 0 Å². The van der Waals surface area contributed by atoms with Gasteiger partial charge in [-0.1, -0.05) is 55.5 Å². The SMILES string of the molecule is CCc1cccc(C)c1NC(=O)CC(N)c1ccccc1.Cl. The second-order valence-corrected chi connectivity index (χ2v) is 5.23. The molecular formula is C18H23ClN2O. The molecule has 4 heteroatoms. The molecule has 0 radical (unpaired) electrons. The molecule has 1 unspecified atom stereocenters. The summed E-state index contributed by atoms with van der Waals surface area (Å²) in [7, 11) is 0. The van der Waals surface area contributed by atoms with E-state index in [0.29, 0.717) is 0 Å². The smallest absolute Gasteiger partial charge is 0.226 e. The molecule has 0 aliphatic rings. The molecule has 1 amide bonds. The minimum absolute atomic E-state index is 0. The molecule has 0 saturated carbocycles. The molecule has 2 aromatic carbocycles. The highest BCUT2D eigenvalue weighted by molar-refractivity contribution is 5.92. The first-order valence-electron chi connectivity index (χ1n) is 7.30. The van der Waals surface area contributed by atoms with Crippen molar-refractivity contribution in [1.29, 1.82) is 0 Å². The van der Waals surface area contributed by atoms with Crippen LogP contribution in [0.5, 0.6) is 0 Å². The highest BCUT2D eigenvalue weighted by Crippen LogP contribution is 2.22. The highest BCUT2D eigenvalue weighted by Gasteiger charge is 2.13. The number of hydrogen-bond acceptors (Lipinski definition) is 2. The van der Waals surface area contributed by atoms with Gasteiger partial charge in [-0.05, 0) is 30.0 Å². The number of benzene rings is 2. The molecular weight excluding hydrogens is 296 g/mol. The molecule has 0 aromatic heterocycles. The number of nitrogens with one attached hydrogen (secondary N) is 1. The van der Waals surface area contributed by atoms with Gasteiger partial charge in [-0.3, -0.25) is 4.79 Å². The van der Waals surface area contributed by atoms with Crippen LogP contribution in [0.2, 0.25) is 0 Å². The fraction of sp³-hybridized carbons (Fsp3) is 0.278. The average molecular weight is 319 g/mol. The fourth-order valence-corrected chi connectivity index (χ4v) is 2.41. The molecule has 2 aromatic rings. The molecule has 0 heterocycles. The Labute approximate surface area is 138 Å². The van der Waals surface area contributed by atoms with Crippen molar-refractivity contribution in [2.45, 2.75) is 32.7 Å². The Bertz CT molecular complexity index is 614. The van der Waals surface area contributed by atoms with Crippen LogP contribution in [0.15, 0.2) is 48.5 Å². The molecule has 0 bridgehead atoms. The Morgan fingerprint density at radius 1 is 1.14 bits per heavy atom. The quantitative estimate of drug-likeness (QED) is 0.875. The highest BCUT2D eigenvalue weighted by atomic mass is 35.5. The molecule has 0 aliphatic carbocycles. The van der Waals surface area contributed by atoms with Crippen LogP contribution in [-0.2, 0) is 11.2 Å². The van der Waals surface area contributed by atoms with Crippen molar-refractivity contribution < 1.29 is 4.79 Å². The monoisotopic (exact) mass is 318 g/mol. The number of halogens is 1. The van der Waals surface area contributed by atoms with E-state index in [9.17, 15) is 4.79 Å². The molecule has 3 N–H and O–H groups in total. The van der Waals surface area contributed by atoms with Crippen LogP contribution in [0.4, 0.5) is 5.69 Å². The number of amides is 1. The summed E-state index contributed by atoms with van der Waals surface area (Å²) in [5.74, 6) is -0.0460. The largest absolute Gasteiger partial charge is 0.326 e. The van der Waals surface area contributed by atoms with Gasteiger partial charge in [0, 0.05) is 18.2 Å². The van der Waals surface area contributed by atoms with Crippen LogP contribution in [0.3, 0.4) is 0 Å². The second kappa shape index (κ2) is 8.57. The van der Waals surface area contributed by atoms with Gasteiger partial charge < -0.3 is 11.1 Å². The van der Waals surface area contributed by atoms with Crippen LogP contribution in [0.25, 0.3) is 0 Å². The molecule has 0 spiro atoms. The normalized spacial score (nSPS) is 11.4. The maximum Gasteiger partial charge on any atom is 0.226 e. The maximum atomic E-state index is 12.2. The molecule has 3 nitrogen and oxygen atoms in total. The zero-order valence-electron chi connectivity index (χ0n) is 13.0. The molecule has 2 rings (SSSR count). The summed E-state index contributed by atoms with van der Waals surface area (Å²) in [6.45, 7) is 4.09. The van der Waals surface area contributed by atoms with Crippen molar-refractivity contribution in [2.24, 2.45) is 5.73 Å². The van der Waals surface area contributed by atoms with E-state index < -0.39 is 0 Å². The number of hydrogen-bond donors (Lipinski definition) is 2. The first kappa shape index (κ1) is 18.2. The van der Waals surface area contributed by atoms with Gasteiger partial charge in [0.05, 0.1) is 0 Å². The van der Waals surface area contributed by atoms with Crippen LogP contribution in [-0.4, -0.2) is 5.91 Å². The lowest BCUT2D eigenvalue weighted by molar-refractivity contribution is -0.116. The lowest BCUT2D eigenvalue weighted by atomic mass is 10.0. The van der Waals surface area contributed by atoms with E-state index in [1.165, 1.54) is 0 Å². The zero-order valence-corrected chi connectivity index (χ0v) is 13.8. The van der Waals surface area contributed by atoms with Gasteiger partial charge in [0.15, 0.2) is 0 Å². The number of carbonyl (C=O) groups is 1. The summed E-state index contributed by atoms with van der Waals surface area (Å²) >= 11 is 0. The Hall–Kier alpha value is -1.84. The van der Waals surface area contributed by atoms with Crippen molar-refractivity contribution in [3.63, 3.8) is 0 Å². The standard InChI is InChI=1S/C18H22N2O.ClH/c1-3-14-11-7-8-13(2)18(14)20-17(21)12-16(19)15-9-5-4-6-10-15;/h4-11,16H,3,12,19H2,1-2H3,(H,20,21);1H. The first-order valence-corrected chi connectivity index (χ1v) is 7.30. The van der Waals surface area contributed by atoms with Crippen LogP contribution >= 0.6 is 12.4 Å². The van der Waals surface area contributed by atoms with E-state index in [2.05, 4.69) is 12.2 Å². The zero-order chi connectivity index (χ0) is 15.2. The summed E-state index contributed by atoms with van der Waals surface area (Å²) in [4.78, 5) is 12.2. The molecule has 0 aliphatic heterocycles. The van der Waals surface area contributed by atoms with Crippen LogP contribution < -0.4 is 11.1 Å². The van der Waals surface area contributed by atoms with Crippen LogP contribution in [0.1, 0.15) is 36.1 Å². The maximum absolute atomic E-state index is 12.2. The topological polar surface area (TPSA) is 55.1 Å². The van der Waals surface area contributed by atoms with E-state index in [1.807, 2.05) is 55.5 Å². The average Bonchev–Trinajstić information content (AvgIpc) is 2.50. The van der Waals surface area contributed by atoms with Gasteiger partial charge in [0.25, 0.3) is 0 Å². The molecule has 0 saturated heterocycles. The third kappa shape index (κ3) is 4.58. The summed E-state index contributed by atoms with van der Waals surface area (Å²) in [6, 6.07) is 15.5. The van der Waals surface area contributed by atoms with Gasteiger partial charge in [-0.15, -0.1) is 12.4 Å². The predicted octanol–water partition coefficient (Wildman–Crippen LogP) is 4.01. The Kier molecular flexibility index (Phi) is 7.09. The number of carbonyl (C=O) groups excluding carboxylic acids is 1. The predicted molar refractivity (Wildman–Crippen MR) is 94.4 cm³/mol. The van der Waals surface area contributed by atoms with Gasteiger partial charge >= 0.3 is 0 Å². The second-order valence-electron chi connectivity index (χ2n) is 5.23. The number of para-hydroxylation sites is 1. The van der Waals surface area contributed by atoms with Crippen molar-refractivity contribution in [3.8, 4) is 0 Å². The number of aryl methyl sites for hydroxylation is 2. The van der Waals surface area contributed by atoms with Gasteiger partial charge in [-0.2, -0.15) is 0 Å². The third-order valence-electron chi connectivity index (χ3n) is 3.64. The minimum Gasteiger partial charge on any atom is -0.326 e. The lowest BCUT2D eigenvalue weighted by Gasteiger charge is -2.15. The van der Waals surface area contributed by atoms with Crippen molar-refractivity contribution >= 4 is 24.0 Å². The Morgan fingerprint density at radius 2 is 1.82 bits per heavy atom. The molecule has 118 valence electrons. The summed E-state index contributed by atoms with van der Waals surface area (Å²) < 4.78 is 0. The van der Waals surface area contributed by atoms with E-state index in [-0.39, 0.29) is 30.8 Å². The van der Waals surface area contributed by atoms with E-state index in [0.717, 1.165) is 28.8 Å². The van der Waals surface area contributed by atoms with Crippen LogP contribution in [0, 0.1) is 6.92 Å². The van der Waals surface area contributed by atoms with Crippen molar-refractivity contribution in [2.75, 3.05) is 5.32 Å². The lowest BCUT2D eigenvalue weighted by Crippen LogP contribution is -2.21. The molecule has 0 fully saturated rings.